The normalized spacial score (nSPS) is 9.88. The summed E-state index contributed by atoms with van der Waals surface area (Å²) >= 11 is 0. The first-order chi connectivity index (χ1) is 12.2. The first-order valence-electron chi connectivity index (χ1n) is 7.52. The van der Waals surface area contributed by atoms with E-state index < -0.39 is 0 Å². The molecule has 2 heterocycles. The number of carbonyl (C=O) groups excluding carboxylic acids is 1. The number of aromatic nitrogens is 3. The highest BCUT2D eigenvalue weighted by Gasteiger charge is 2.09. The lowest BCUT2D eigenvalue weighted by Gasteiger charge is -2.07. The largest absolute Gasteiger partial charge is 0.365 e. The molecule has 0 aliphatic heterocycles. The number of nitriles is 1. The Morgan fingerprint density at radius 1 is 1.08 bits per heavy atom. The molecule has 0 fully saturated rings. The summed E-state index contributed by atoms with van der Waals surface area (Å²) in [6.45, 7) is 0.587. The van der Waals surface area contributed by atoms with Gasteiger partial charge in [-0.25, -0.2) is 0 Å². The molecule has 7 nitrogen and oxygen atoms in total. The summed E-state index contributed by atoms with van der Waals surface area (Å²) in [5, 5.41) is 22.6. The topological polar surface area (TPSA) is 104 Å². The van der Waals surface area contributed by atoms with Crippen LogP contribution >= 0.6 is 0 Å². The fourth-order valence-corrected chi connectivity index (χ4v) is 2.10. The predicted octanol–water partition coefficient (Wildman–Crippen LogP) is 2.61. The zero-order valence-electron chi connectivity index (χ0n) is 13.2. The highest BCUT2D eigenvalue weighted by atomic mass is 16.1. The molecule has 1 aromatic carbocycles. The van der Waals surface area contributed by atoms with Crippen molar-refractivity contribution in [2.24, 2.45) is 0 Å². The van der Waals surface area contributed by atoms with Crippen LogP contribution in [-0.2, 0) is 6.54 Å². The van der Waals surface area contributed by atoms with Crippen LogP contribution in [0.25, 0.3) is 0 Å². The Hall–Kier alpha value is -3.79. The molecule has 2 N–H and O–H groups in total. The van der Waals surface area contributed by atoms with Gasteiger partial charge in [-0.15, -0.1) is 10.2 Å². The average molecular weight is 330 g/mol. The van der Waals surface area contributed by atoms with Crippen molar-refractivity contribution in [1.29, 1.82) is 5.26 Å². The molecular formula is C18H14N6O. The molecule has 0 saturated carbocycles. The van der Waals surface area contributed by atoms with Crippen LogP contribution in [0.4, 0.5) is 11.5 Å². The summed E-state index contributed by atoms with van der Waals surface area (Å²) in [7, 11) is 0. The standard InChI is InChI=1S/C18H14N6O/c19-11-14-2-1-3-15(10-14)22-18(25)16-4-5-17(24-23-16)21-12-13-6-8-20-9-7-13/h1-10H,12H2,(H,21,24)(H,22,25). The number of nitrogens with zero attached hydrogens (tertiary/aromatic N) is 4. The van der Waals surface area contributed by atoms with Gasteiger partial charge < -0.3 is 10.6 Å². The number of benzene rings is 1. The number of amides is 1. The van der Waals surface area contributed by atoms with Gasteiger partial charge in [0.05, 0.1) is 11.6 Å². The van der Waals surface area contributed by atoms with E-state index in [1.54, 1.807) is 48.8 Å². The lowest BCUT2D eigenvalue weighted by atomic mass is 10.2. The number of hydrogen-bond donors (Lipinski definition) is 2. The highest BCUT2D eigenvalue weighted by molar-refractivity contribution is 6.02. The Morgan fingerprint density at radius 2 is 1.92 bits per heavy atom. The monoisotopic (exact) mass is 330 g/mol. The molecule has 0 aliphatic rings. The maximum absolute atomic E-state index is 12.2. The molecule has 3 rings (SSSR count). The zero-order valence-corrected chi connectivity index (χ0v) is 13.2. The van der Waals surface area contributed by atoms with E-state index in [-0.39, 0.29) is 11.6 Å². The zero-order chi connectivity index (χ0) is 17.5. The quantitative estimate of drug-likeness (QED) is 0.745. The van der Waals surface area contributed by atoms with Crippen LogP contribution in [0.3, 0.4) is 0 Å². The SMILES string of the molecule is N#Cc1cccc(NC(=O)c2ccc(NCc3ccncc3)nn2)c1. The van der Waals surface area contributed by atoms with Gasteiger partial charge >= 0.3 is 0 Å². The third kappa shape index (κ3) is 4.36. The summed E-state index contributed by atoms with van der Waals surface area (Å²) in [5.41, 5.74) is 2.26. The van der Waals surface area contributed by atoms with Gasteiger partial charge in [0.2, 0.25) is 0 Å². The lowest BCUT2D eigenvalue weighted by molar-refractivity contribution is 0.102. The molecule has 122 valence electrons. The van der Waals surface area contributed by atoms with Crippen LogP contribution in [0, 0.1) is 11.3 Å². The molecule has 0 radical (unpaired) electrons. The predicted molar refractivity (Wildman–Crippen MR) is 92.7 cm³/mol. The van der Waals surface area contributed by atoms with E-state index in [1.807, 2.05) is 18.2 Å². The number of anilines is 2. The molecule has 7 heteroatoms. The van der Waals surface area contributed by atoms with E-state index in [1.165, 1.54) is 0 Å². The molecule has 0 saturated heterocycles. The van der Waals surface area contributed by atoms with Crippen LogP contribution in [0.5, 0.6) is 0 Å². The average Bonchev–Trinajstić information content (AvgIpc) is 2.67. The minimum Gasteiger partial charge on any atom is -0.365 e. The number of pyridine rings is 1. The number of hydrogen-bond acceptors (Lipinski definition) is 6. The van der Waals surface area contributed by atoms with Gasteiger partial charge in [0, 0.05) is 24.6 Å². The molecule has 0 aliphatic carbocycles. The van der Waals surface area contributed by atoms with Crippen molar-refractivity contribution in [3.8, 4) is 6.07 Å². The summed E-state index contributed by atoms with van der Waals surface area (Å²) in [5.74, 6) is 0.183. The minimum atomic E-state index is -0.386. The maximum Gasteiger partial charge on any atom is 0.276 e. The summed E-state index contributed by atoms with van der Waals surface area (Å²) < 4.78 is 0. The molecule has 0 unspecified atom stereocenters. The Balaban J connectivity index is 1.61. The van der Waals surface area contributed by atoms with Crippen LogP contribution < -0.4 is 10.6 Å². The van der Waals surface area contributed by atoms with Crippen LogP contribution in [0.15, 0.2) is 60.9 Å². The third-order valence-corrected chi connectivity index (χ3v) is 3.37. The number of carbonyl (C=O) groups is 1. The second kappa shape index (κ2) is 7.66. The van der Waals surface area contributed by atoms with Crippen molar-refractivity contribution in [2.45, 2.75) is 6.54 Å². The molecule has 2 aromatic heterocycles. The molecular weight excluding hydrogens is 316 g/mol. The molecule has 0 spiro atoms. The summed E-state index contributed by atoms with van der Waals surface area (Å²) in [6.07, 6.45) is 3.44. The summed E-state index contributed by atoms with van der Waals surface area (Å²) in [4.78, 5) is 16.1. The van der Waals surface area contributed by atoms with E-state index in [4.69, 9.17) is 5.26 Å². The van der Waals surface area contributed by atoms with Gasteiger partial charge in [-0.2, -0.15) is 5.26 Å². The molecule has 0 atom stereocenters. The van der Waals surface area contributed by atoms with Crippen LogP contribution in [0.2, 0.25) is 0 Å². The molecule has 3 aromatic rings. The first kappa shape index (κ1) is 16.1. The van der Waals surface area contributed by atoms with E-state index in [0.717, 1.165) is 5.56 Å². The van der Waals surface area contributed by atoms with E-state index in [9.17, 15) is 4.79 Å². The van der Waals surface area contributed by atoms with E-state index >= 15 is 0 Å². The van der Waals surface area contributed by atoms with Crippen LogP contribution in [0.1, 0.15) is 21.6 Å². The first-order valence-corrected chi connectivity index (χ1v) is 7.52. The lowest BCUT2D eigenvalue weighted by Crippen LogP contribution is -2.15. The van der Waals surface area contributed by atoms with Gasteiger partial charge in [-0.1, -0.05) is 6.07 Å². The van der Waals surface area contributed by atoms with Crippen LogP contribution in [-0.4, -0.2) is 21.1 Å². The van der Waals surface area contributed by atoms with Crippen molar-refractivity contribution < 1.29 is 4.79 Å². The Bertz CT molecular complexity index is 903. The maximum atomic E-state index is 12.2. The van der Waals surface area contributed by atoms with E-state index in [0.29, 0.717) is 23.6 Å². The highest BCUT2D eigenvalue weighted by Crippen LogP contribution is 2.11. The van der Waals surface area contributed by atoms with Crippen molar-refractivity contribution in [1.82, 2.24) is 15.2 Å². The third-order valence-electron chi connectivity index (χ3n) is 3.37. The molecule has 25 heavy (non-hydrogen) atoms. The molecule has 1 amide bonds. The Morgan fingerprint density at radius 3 is 2.64 bits per heavy atom. The second-order valence-electron chi connectivity index (χ2n) is 5.16. The van der Waals surface area contributed by atoms with Crippen molar-refractivity contribution in [3.63, 3.8) is 0 Å². The van der Waals surface area contributed by atoms with Gasteiger partial charge in [-0.3, -0.25) is 9.78 Å². The van der Waals surface area contributed by atoms with Gasteiger partial charge in [0.25, 0.3) is 5.91 Å². The van der Waals surface area contributed by atoms with Gasteiger partial charge in [-0.05, 0) is 48.0 Å². The van der Waals surface area contributed by atoms with Crippen molar-refractivity contribution >= 4 is 17.4 Å². The summed E-state index contributed by atoms with van der Waals surface area (Å²) in [6, 6.07) is 15.8. The molecule has 0 bridgehead atoms. The Kier molecular flexibility index (Phi) is 4.93. The Labute approximate surface area is 144 Å². The number of nitrogens with one attached hydrogen (secondary N) is 2. The van der Waals surface area contributed by atoms with Crippen molar-refractivity contribution in [3.05, 3.63) is 77.7 Å². The fourth-order valence-electron chi connectivity index (χ4n) is 2.10. The minimum absolute atomic E-state index is 0.192. The van der Waals surface area contributed by atoms with Crippen molar-refractivity contribution in [2.75, 3.05) is 10.6 Å². The second-order valence-corrected chi connectivity index (χ2v) is 5.16. The van der Waals surface area contributed by atoms with Gasteiger partial charge in [0.15, 0.2) is 5.69 Å². The number of rotatable bonds is 5. The van der Waals surface area contributed by atoms with Gasteiger partial charge in [0.1, 0.15) is 5.82 Å². The fraction of sp³-hybridized carbons (Fsp3) is 0.0556. The van der Waals surface area contributed by atoms with E-state index in [2.05, 4.69) is 25.8 Å². The smallest absolute Gasteiger partial charge is 0.276 e.